The highest BCUT2D eigenvalue weighted by molar-refractivity contribution is 7.90. The lowest BCUT2D eigenvalue weighted by molar-refractivity contribution is 0.457. The summed E-state index contributed by atoms with van der Waals surface area (Å²) in [6, 6.07) is 13.7. The first kappa shape index (κ1) is 20.9. The average molecular weight is 436 g/mol. The van der Waals surface area contributed by atoms with Gasteiger partial charge in [0.1, 0.15) is 11.6 Å². The van der Waals surface area contributed by atoms with Gasteiger partial charge in [0.15, 0.2) is 9.84 Å². The quantitative estimate of drug-likeness (QED) is 0.611. The summed E-state index contributed by atoms with van der Waals surface area (Å²) in [5, 5.41) is 0. The van der Waals surface area contributed by atoms with E-state index >= 15 is 0 Å². The van der Waals surface area contributed by atoms with Crippen LogP contribution < -0.4 is 9.46 Å². The number of hydrogen-bond acceptors (Lipinski definition) is 6. The SMILES string of the molecule is CS(=O)(=O)c1ccc(S(=O)(=O)NCc2ccc(Oc3cccc(F)c3)nc2)cc1. The number of sulfonamides is 1. The van der Waals surface area contributed by atoms with E-state index in [-0.39, 0.29) is 22.2 Å². The van der Waals surface area contributed by atoms with Crippen molar-refractivity contribution in [2.24, 2.45) is 0 Å². The molecule has 0 saturated carbocycles. The zero-order valence-electron chi connectivity index (χ0n) is 15.2. The number of rotatable bonds is 7. The monoisotopic (exact) mass is 436 g/mol. The molecule has 0 spiro atoms. The van der Waals surface area contributed by atoms with Crippen LogP contribution in [0.5, 0.6) is 11.6 Å². The maximum atomic E-state index is 13.2. The van der Waals surface area contributed by atoms with Crippen LogP contribution in [0.25, 0.3) is 0 Å². The molecule has 3 aromatic rings. The van der Waals surface area contributed by atoms with Gasteiger partial charge in [-0.3, -0.25) is 0 Å². The summed E-state index contributed by atoms with van der Waals surface area (Å²) in [5.41, 5.74) is 0.577. The molecule has 152 valence electrons. The Labute approximate surface area is 168 Å². The van der Waals surface area contributed by atoms with Gasteiger partial charge in [0.05, 0.1) is 9.79 Å². The minimum atomic E-state index is -3.83. The van der Waals surface area contributed by atoms with E-state index in [1.807, 2.05) is 0 Å². The fraction of sp³-hybridized carbons (Fsp3) is 0.105. The third-order valence-electron chi connectivity index (χ3n) is 3.84. The number of benzene rings is 2. The van der Waals surface area contributed by atoms with Crippen LogP contribution in [0.15, 0.2) is 76.7 Å². The first-order valence-electron chi connectivity index (χ1n) is 8.32. The highest BCUT2D eigenvalue weighted by Gasteiger charge is 2.15. The summed E-state index contributed by atoms with van der Waals surface area (Å²) < 4.78 is 68.7. The highest BCUT2D eigenvalue weighted by atomic mass is 32.2. The van der Waals surface area contributed by atoms with Gasteiger partial charge in [0.25, 0.3) is 0 Å². The smallest absolute Gasteiger partial charge is 0.240 e. The Hall–Kier alpha value is -2.82. The van der Waals surface area contributed by atoms with E-state index in [2.05, 4.69) is 9.71 Å². The van der Waals surface area contributed by atoms with E-state index in [0.29, 0.717) is 11.3 Å². The third-order valence-corrected chi connectivity index (χ3v) is 6.39. The number of sulfone groups is 1. The molecule has 0 radical (unpaired) electrons. The maximum Gasteiger partial charge on any atom is 0.240 e. The van der Waals surface area contributed by atoms with Crippen LogP contribution in [0.3, 0.4) is 0 Å². The highest BCUT2D eigenvalue weighted by Crippen LogP contribution is 2.20. The number of hydrogen-bond donors (Lipinski definition) is 1. The Morgan fingerprint density at radius 1 is 0.966 bits per heavy atom. The third kappa shape index (κ3) is 5.59. The molecule has 1 N–H and O–H groups in total. The van der Waals surface area contributed by atoms with Crippen LogP contribution in [-0.2, 0) is 26.4 Å². The summed E-state index contributed by atoms with van der Waals surface area (Å²) in [5.74, 6) is 0.0974. The molecule has 0 aliphatic heterocycles. The maximum absolute atomic E-state index is 13.2. The zero-order valence-corrected chi connectivity index (χ0v) is 16.9. The lowest BCUT2D eigenvalue weighted by Crippen LogP contribution is -2.23. The van der Waals surface area contributed by atoms with Gasteiger partial charge in [-0.25, -0.2) is 30.9 Å². The van der Waals surface area contributed by atoms with Crippen LogP contribution in [0.1, 0.15) is 5.56 Å². The first-order chi connectivity index (χ1) is 13.6. The van der Waals surface area contributed by atoms with Crippen molar-refractivity contribution in [3.8, 4) is 11.6 Å². The molecule has 3 rings (SSSR count). The van der Waals surface area contributed by atoms with Crippen LogP contribution in [-0.4, -0.2) is 28.1 Å². The van der Waals surface area contributed by atoms with E-state index in [0.717, 1.165) is 6.26 Å². The molecular weight excluding hydrogens is 419 g/mol. The minimum absolute atomic E-state index is 0.0244. The van der Waals surface area contributed by atoms with Gasteiger partial charge < -0.3 is 4.74 Å². The summed E-state index contributed by atoms with van der Waals surface area (Å²) in [6.45, 7) is -0.0244. The topological polar surface area (TPSA) is 102 Å². The molecule has 0 saturated heterocycles. The van der Waals surface area contributed by atoms with Crippen molar-refractivity contribution in [2.45, 2.75) is 16.3 Å². The summed E-state index contributed by atoms with van der Waals surface area (Å²) in [7, 11) is -7.24. The van der Waals surface area contributed by atoms with Gasteiger partial charge >= 0.3 is 0 Å². The molecule has 0 aliphatic carbocycles. The molecule has 0 fully saturated rings. The molecular formula is C19H17FN2O5S2. The predicted molar refractivity (Wildman–Crippen MR) is 104 cm³/mol. The number of aromatic nitrogens is 1. The fourth-order valence-electron chi connectivity index (χ4n) is 2.35. The first-order valence-corrected chi connectivity index (χ1v) is 11.7. The molecule has 29 heavy (non-hydrogen) atoms. The van der Waals surface area contributed by atoms with Crippen LogP contribution in [0, 0.1) is 5.82 Å². The molecule has 0 bridgehead atoms. The number of nitrogens with one attached hydrogen (secondary N) is 1. The van der Waals surface area contributed by atoms with Crippen molar-refractivity contribution in [3.63, 3.8) is 0 Å². The number of nitrogens with zero attached hydrogens (tertiary/aromatic N) is 1. The second-order valence-electron chi connectivity index (χ2n) is 6.13. The summed E-state index contributed by atoms with van der Waals surface area (Å²) in [6.07, 6.45) is 2.48. The second kappa shape index (κ2) is 8.27. The Balaban J connectivity index is 1.64. The van der Waals surface area contributed by atoms with Gasteiger partial charge in [-0.2, -0.15) is 0 Å². The van der Waals surface area contributed by atoms with Gasteiger partial charge in [-0.05, 0) is 42.0 Å². The largest absolute Gasteiger partial charge is 0.439 e. The van der Waals surface area contributed by atoms with E-state index < -0.39 is 25.7 Å². The molecule has 0 aliphatic rings. The van der Waals surface area contributed by atoms with Gasteiger partial charge in [0.2, 0.25) is 15.9 Å². The molecule has 7 nitrogen and oxygen atoms in total. The van der Waals surface area contributed by atoms with Crippen LogP contribution in [0.4, 0.5) is 4.39 Å². The Bertz CT molecular complexity index is 1210. The van der Waals surface area contributed by atoms with Crippen LogP contribution >= 0.6 is 0 Å². The van der Waals surface area contributed by atoms with Crippen molar-refractivity contribution in [1.82, 2.24) is 9.71 Å². The Morgan fingerprint density at radius 2 is 1.66 bits per heavy atom. The number of halogens is 1. The lowest BCUT2D eigenvalue weighted by Gasteiger charge is -2.08. The standard InChI is InChI=1S/C19H17FN2O5S2/c1-28(23,24)17-6-8-18(9-7-17)29(25,26)22-13-14-5-10-19(21-12-14)27-16-4-2-3-15(20)11-16/h2-12,22H,13H2,1H3. The molecule has 10 heteroatoms. The molecule has 2 aromatic carbocycles. The lowest BCUT2D eigenvalue weighted by atomic mass is 10.3. The molecule has 1 aromatic heterocycles. The molecule has 0 amide bonds. The molecule has 1 heterocycles. The van der Waals surface area contributed by atoms with Gasteiger partial charge in [-0.15, -0.1) is 0 Å². The van der Waals surface area contributed by atoms with Crippen molar-refractivity contribution < 1.29 is 26.0 Å². The fourth-order valence-corrected chi connectivity index (χ4v) is 4.00. The normalized spacial score (nSPS) is 11.9. The Kier molecular flexibility index (Phi) is 5.96. The van der Waals surface area contributed by atoms with Crippen LogP contribution in [0.2, 0.25) is 0 Å². The van der Waals surface area contributed by atoms with Crippen molar-refractivity contribution >= 4 is 19.9 Å². The van der Waals surface area contributed by atoms with Gasteiger partial charge in [-0.1, -0.05) is 12.1 Å². The minimum Gasteiger partial charge on any atom is -0.439 e. The van der Waals surface area contributed by atoms with E-state index in [4.69, 9.17) is 4.74 Å². The molecule has 0 unspecified atom stereocenters. The van der Waals surface area contributed by atoms with E-state index in [1.54, 1.807) is 12.1 Å². The van der Waals surface area contributed by atoms with E-state index in [1.165, 1.54) is 54.7 Å². The van der Waals surface area contributed by atoms with Gasteiger partial charge in [0, 0.05) is 31.1 Å². The molecule has 0 atom stereocenters. The summed E-state index contributed by atoms with van der Waals surface area (Å²) >= 11 is 0. The van der Waals surface area contributed by atoms with Crippen molar-refractivity contribution in [2.75, 3.05) is 6.26 Å². The van der Waals surface area contributed by atoms with E-state index in [9.17, 15) is 21.2 Å². The average Bonchev–Trinajstić information content (AvgIpc) is 2.67. The van der Waals surface area contributed by atoms with Crippen molar-refractivity contribution in [3.05, 3.63) is 78.2 Å². The number of pyridine rings is 1. The number of ether oxygens (including phenoxy) is 1. The second-order valence-corrected chi connectivity index (χ2v) is 9.91. The zero-order chi connectivity index (χ0) is 21.1. The Morgan fingerprint density at radius 3 is 2.24 bits per heavy atom. The van der Waals surface area contributed by atoms with Crippen molar-refractivity contribution in [1.29, 1.82) is 0 Å². The predicted octanol–water partition coefficient (Wildman–Crippen LogP) is 2.90. The summed E-state index contributed by atoms with van der Waals surface area (Å²) in [4.78, 5) is 4.05.